The Morgan fingerprint density at radius 3 is 1.36 bits per heavy atom. The van der Waals surface area contributed by atoms with Gasteiger partial charge in [0, 0.05) is 19.4 Å². The summed E-state index contributed by atoms with van der Waals surface area (Å²) >= 11 is 0. The Morgan fingerprint density at radius 1 is 0.537 bits per heavy atom. The SMILES string of the molecule is CCCCCCCCCCCCCCCCCC(=O)C(O)C(O)C(OP(=O)(OCCNC(=O)OCc1ccccc1)Oc1ccccc1)C(=O)CCCCCCCCCCCCCCCCC. The number of ketones is 2. The first-order chi connectivity index (χ1) is 32.7. The van der Waals surface area contributed by atoms with Gasteiger partial charge in [-0.1, -0.05) is 242 Å². The Balaban J connectivity index is 1.93. The van der Waals surface area contributed by atoms with Gasteiger partial charge in [0.25, 0.3) is 0 Å². The van der Waals surface area contributed by atoms with E-state index in [1.807, 2.05) is 30.3 Å². The van der Waals surface area contributed by atoms with Crippen LogP contribution in [0.4, 0.5) is 4.79 Å². The first-order valence-electron chi connectivity index (χ1n) is 26.7. The van der Waals surface area contributed by atoms with Crippen LogP contribution < -0.4 is 9.84 Å². The number of phosphoric acid groups is 1. The number of para-hydroxylation sites is 1. The zero-order valence-corrected chi connectivity index (χ0v) is 42.8. The zero-order valence-electron chi connectivity index (χ0n) is 41.9. The van der Waals surface area contributed by atoms with Gasteiger partial charge >= 0.3 is 13.9 Å². The van der Waals surface area contributed by atoms with Gasteiger partial charge in [0.05, 0.1) is 6.61 Å². The van der Waals surface area contributed by atoms with Crippen LogP contribution in [0.1, 0.15) is 225 Å². The van der Waals surface area contributed by atoms with Crippen molar-refractivity contribution in [2.75, 3.05) is 13.2 Å². The van der Waals surface area contributed by atoms with Crippen molar-refractivity contribution in [3.05, 3.63) is 66.2 Å². The summed E-state index contributed by atoms with van der Waals surface area (Å²) in [7, 11) is -4.72. The van der Waals surface area contributed by atoms with Crippen molar-refractivity contribution in [3.8, 4) is 5.75 Å². The molecule has 0 saturated carbocycles. The van der Waals surface area contributed by atoms with Crippen LogP contribution in [-0.4, -0.2) is 59.3 Å². The van der Waals surface area contributed by atoms with Crippen LogP contribution in [0.25, 0.3) is 0 Å². The molecule has 0 radical (unpaired) electrons. The second-order valence-electron chi connectivity index (χ2n) is 18.5. The highest BCUT2D eigenvalue weighted by Gasteiger charge is 2.43. The lowest BCUT2D eigenvalue weighted by Crippen LogP contribution is -2.47. The fraction of sp³-hybridized carbons (Fsp3) is 0.727. The molecule has 12 heteroatoms. The number of aliphatic hydroxyl groups excluding tert-OH is 2. The fourth-order valence-electron chi connectivity index (χ4n) is 8.21. The van der Waals surface area contributed by atoms with Gasteiger partial charge in [-0.2, -0.15) is 0 Å². The lowest BCUT2D eigenvalue weighted by atomic mass is 9.95. The molecule has 2 rings (SSSR count). The predicted octanol–water partition coefficient (Wildman–Crippen LogP) is 14.9. The van der Waals surface area contributed by atoms with Crippen LogP contribution in [0.2, 0.25) is 0 Å². The number of alkyl carbamates (subject to hydrolysis) is 1. The molecule has 0 aliphatic rings. The molecule has 0 aliphatic carbocycles. The number of hydrogen-bond donors (Lipinski definition) is 3. The smallest absolute Gasteiger partial charge is 0.445 e. The molecule has 0 aliphatic heterocycles. The Kier molecular flexibility index (Phi) is 36.5. The monoisotopic (exact) mass is 958 g/mol. The molecule has 0 saturated heterocycles. The summed E-state index contributed by atoms with van der Waals surface area (Å²) in [6.45, 7) is 4.02. The van der Waals surface area contributed by atoms with Crippen molar-refractivity contribution in [3.63, 3.8) is 0 Å². The number of rotatable bonds is 46. The second kappa shape index (κ2) is 40.8. The van der Waals surface area contributed by atoms with Gasteiger partial charge in [-0.15, -0.1) is 0 Å². The highest BCUT2D eigenvalue weighted by Crippen LogP contribution is 2.51. The Hall–Kier alpha value is -3.08. The molecule has 382 valence electrons. The highest BCUT2D eigenvalue weighted by molar-refractivity contribution is 7.49. The summed E-state index contributed by atoms with van der Waals surface area (Å²) in [5, 5.41) is 25.2. The molecule has 3 N–H and O–H groups in total. The van der Waals surface area contributed by atoms with Crippen molar-refractivity contribution >= 4 is 25.5 Å². The van der Waals surface area contributed by atoms with Crippen LogP contribution in [0.3, 0.4) is 0 Å². The molecular weight excluding hydrogens is 866 g/mol. The number of carbonyl (C=O) groups excluding carboxylic acids is 3. The largest absolute Gasteiger partial charge is 0.530 e. The molecule has 0 spiro atoms. The number of unbranched alkanes of at least 4 members (excludes halogenated alkanes) is 28. The Labute approximate surface area is 406 Å². The lowest BCUT2D eigenvalue weighted by Gasteiger charge is -2.28. The van der Waals surface area contributed by atoms with E-state index in [-0.39, 0.29) is 38.3 Å². The average molecular weight is 958 g/mol. The maximum absolute atomic E-state index is 14.4. The zero-order chi connectivity index (χ0) is 48.5. The molecule has 4 atom stereocenters. The molecule has 11 nitrogen and oxygen atoms in total. The molecule has 1 amide bonds. The van der Waals surface area contributed by atoms with Crippen molar-refractivity contribution in [1.82, 2.24) is 5.32 Å². The third-order valence-electron chi connectivity index (χ3n) is 12.4. The number of nitrogens with one attached hydrogen (secondary N) is 1. The molecule has 0 bridgehead atoms. The number of benzene rings is 2. The normalized spacial score (nSPS) is 13.7. The number of aliphatic hydroxyl groups is 2. The molecule has 0 heterocycles. The van der Waals surface area contributed by atoms with Gasteiger partial charge < -0.3 is 24.8 Å². The van der Waals surface area contributed by atoms with Crippen molar-refractivity contribution in [2.24, 2.45) is 0 Å². The van der Waals surface area contributed by atoms with Crippen LogP contribution in [0, 0.1) is 0 Å². The average Bonchev–Trinajstić information content (AvgIpc) is 3.34. The van der Waals surface area contributed by atoms with E-state index >= 15 is 0 Å². The fourth-order valence-corrected chi connectivity index (χ4v) is 9.58. The van der Waals surface area contributed by atoms with E-state index in [1.165, 1.54) is 141 Å². The first kappa shape index (κ1) is 60.0. The predicted molar refractivity (Wildman–Crippen MR) is 271 cm³/mol. The minimum atomic E-state index is -4.72. The van der Waals surface area contributed by atoms with E-state index in [2.05, 4.69) is 19.2 Å². The number of phosphoric ester groups is 1. The number of amides is 1. The van der Waals surface area contributed by atoms with Crippen LogP contribution in [0.5, 0.6) is 5.75 Å². The Bertz CT molecular complexity index is 1550. The molecule has 0 fully saturated rings. The standard InChI is InChI=1S/C55H92NO10P/c1-3-5-7-9-11-13-15-17-19-21-23-25-27-29-37-43-50(57)52(59)53(60)54(51(58)44-38-30-28-26-24-22-20-18-16-14-12-10-8-6-4-2)66-67(62,65-49-41-35-32-36-42-49)64-46-45-56-55(61)63-47-48-39-33-31-34-40-48/h31-36,39-42,52-54,59-60H,3-30,37-38,43-47H2,1-2H3,(H,56,61). The summed E-state index contributed by atoms with van der Waals surface area (Å²) in [6, 6.07) is 17.3. The summed E-state index contributed by atoms with van der Waals surface area (Å²) in [4.78, 5) is 39.5. The second-order valence-corrected chi connectivity index (χ2v) is 20.0. The van der Waals surface area contributed by atoms with Gasteiger partial charge in [-0.05, 0) is 30.5 Å². The first-order valence-corrected chi connectivity index (χ1v) is 28.2. The molecule has 2 aromatic carbocycles. The maximum Gasteiger partial charge on any atom is 0.530 e. The molecular formula is C55H92NO10P. The highest BCUT2D eigenvalue weighted by atomic mass is 31.2. The van der Waals surface area contributed by atoms with Crippen molar-refractivity contribution in [1.29, 1.82) is 0 Å². The van der Waals surface area contributed by atoms with E-state index in [0.717, 1.165) is 56.9 Å². The van der Waals surface area contributed by atoms with Crippen LogP contribution in [-0.2, 0) is 34.5 Å². The van der Waals surface area contributed by atoms with E-state index in [4.69, 9.17) is 18.3 Å². The molecule has 0 aromatic heterocycles. The topological polar surface area (TPSA) is 158 Å². The third kappa shape index (κ3) is 31.6. The Morgan fingerprint density at radius 2 is 0.925 bits per heavy atom. The lowest BCUT2D eigenvalue weighted by molar-refractivity contribution is -0.146. The summed E-state index contributed by atoms with van der Waals surface area (Å²) in [5.74, 6) is -1.13. The molecule has 67 heavy (non-hydrogen) atoms. The maximum atomic E-state index is 14.4. The third-order valence-corrected chi connectivity index (χ3v) is 13.8. The molecule has 2 aromatic rings. The van der Waals surface area contributed by atoms with Crippen molar-refractivity contribution < 1.29 is 47.5 Å². The quantitative estimate of drug-likeness (QED) is 0.0431. The van der Waals surface area contributed by atoms with Crippen LogP contribution in [0.15, 0.2) is 60.7 Å². The van der Waals surface area contributed by atoms with E-state index in [1.54, 1.807) is 18.2 Å². The van der Waals surface area contributed by atoms with E-state index in [9.17, 15) is 29.2 Å². The van der Waals surface area contributed by atoms with E-state index < -0.39 is 43.8 Å². The van der Waals surface area contributed by atoms with Gasteiger partial charge in [-0.25, -0.2) is 9.36 Å². The number of ether oxygens (including phenoxy) is 1. The number of Topliss-reactive ketones (excluding diaryl/α,β-unsaturated/α-hetero) is 2. The van der Waals surface area contributed by atoms with Crippen molar-refractivity contribution in [2.45, 2.75) is 244 Å². The van der Waals surface area contributed by atoms with Gasteiger partial charge in [0.1, 0.15) is 24.6 Å². The van der Waals surface area contributed by atoms with Gasteiger partial charge in [-0.3, -0.25) is 18.6 Å². The summed E-state index contributed by atoms with van der Waals surface area (Å²) < 4.78 is 36.7. The van der Waals surface area contributed by atoms with E-state index in [0.29, 0.717) is 12.8 Å². The minimum Gasteiger partial charge on any atom is -0.445 e. The number of hydrogen-bond acceptors (Lipinski definition) is 10. The molecule has 4 unspecified atom stereocenters. The summed E-state index contributed by atoms with van der Waals surface area (Å²) in [6.07, 6.45) is 28.5. The number of carbonyl (C=O) groups is 3. The minimum absolute atomic E-state index is 0.0250. The van der Waals surface area contributed by atoms with Crippen LogP contribution >= 0.6 is 7.82 Å². The summed E-state index contributed by atoms with van der Waals surface area (Å²) in [5.41, 5.74) is 0.803. The van der Waals surface area contributed by atoms with Gasteiger partial charge in [0.15, 0.2) is 17.7 Å². The van der Waals surface area contributed by atoms with Gasteiger partial charge in [0.2, 0.25) is 0 Å².